The van der Waals surface area contributed by atoms with Gasteiger partial charge < -0.3 is 4.74 Å². The third-order valence-corrected chi connectivity index (χ3v) is 4.35. The molecule has 0 amide bonds. The first-order chi connectivity index (χ1) is 12.3. The van der Waals surface area contributed by atoms with E-state index in [1.165, 1.54) is 55.7 Å². The Morgan fingerprint density at radius 1 is 1.31 bits per heavy atom. The van der Waals surface area contributed by atoms with E-state index in [4.69, 9.17) is 16.3 Å². The number of carbonyl (C=O) groups is 1. The van der Waals surface area contributed by atoms with Gasteiger partial charge in [0.2, 0.25) is 0 Å². The van der Waals surface area contributed by atoms with Crippen LogP contribution in [0.5, 0.6) is 5.75 Å². The summed E-state index contributed by atoms with van der Waals surface area (Å²) in [5, 5.41) is 10.9. The van der Waals surface area contributed by atoms with Crippen molar-refractivity contribution in [3.63, 3.8) is 0 Å². The number of nitro benzene ring substituents is 1. The lowest BCUT2D eigenvalue weighted by Crippen LogP contribution is -1.97. The van der Waals surface area contributed by atoms with Crippen LogP contribution in [0, 0.1) is 10.1 Å². The highest BCUT2D eigenvalue weighted by Gasteiger charge is 2.14. The van der Waals surface area contributed by atoms with Crippen LogP contribution in [0.25, 0.3) is 6.08 Å². The average Bonchev–Trinajstić information content (AvgIpc) is 2.60. The summed E-state index contributed by atoms with van der Waals surface area (Å²) in [7, 11) is 1.32. The second kappa shape index (κ2) is 8.77. The van der Waals surface area contributed by atoms with Gasteiger partial charge in [-0.2, -0.15) is 8.78 Å². The van der Waals surface area contributed by atoms with E-state index in [-0.39, 0.29) is 26.9 Å². The second-order valence-electron chi connectivity index (χ2n) is 4.91. The van der Waals surface area contributed by atoms with Crippen LogP contribution in [-0.4, -0.2) is 23.6 Å². The van der Waals surface area contributed by atoms with Gasteiger partial charge in [-0.25, -0.2) is 0 Å². The molecule has 0 N–H and O–H groups in total. The van der Waals surface area contributed by atoms with E-state index in [2.05, 4.69) is 0 Å². The van der Waals surface area contributed by atoms with Crippen LogP contribution < -0.4 is 4.74 Å². The molecule has 2 rings (SSSR count). The first-order valence-electron chi connectivity index (χ1n) is 7.11. The Labute approximate surface area is 156 Å². The number of nitrogens with zero attached hydrogens (tertiary/aromatic N) is 1. The van der Waals surface area contributed by atoms with Crippen LogP contribution in [0.4, 0.5) is 14.5 Å². The molecule has 0 aromatic heterocycles. The van der Waals surface area contributed by atoms with Gasteiger partial charge in [0.1, 0.15) is 10.8 Å². The SMILES string of the molecule is COc1cc(C(=O)C=Cc2ccc(Cl)c([N+](=O)[O-])c2)ccc1SC(F)F. The fraction of sp³-hybridized carbons (Fsp3) is 0.118. The zero-order chi connectivity index (χ0) is 19.3. The number of benzene rings is 2. The van der Waals surface area contributed by atoms with Gasteiger partial charge in [0.15, 0.2) is 5.78 Å². The Kier molecular flexibility index (Phi) is 6.70. The van der Waals surface area contributed by atoms with E-state index in [0.29, 0.717) is 17.3 Å². The lowest BCUT2D eigenvalue weighted by Gasteiger charge is -2.08. The standard InChI is InChI=1S/C17H12ClF2NO4S/c1-25-15-9-11(4-7-16(15)26-17(19)20)14(22)6-3-10-2-5-12(18)13(8-10)21(23)24/h2-9,17H,1H3. The molecule has 2 aromatic rings. The Hall–Kier alpha value is -2.45. The summed E-state index contributed by atoms with van der Waals surface area (Å²) in [5.41, 5.74) is 0.391. The van der Waals surface area contributed by atoms with E-state index in [0.717, 1.165) is 0 Å². The molecular weight excluding hydrogens is 388 g/mol. The lowest BCUT2D eigenvalue weighted by molar-refractivity contribution is -0.384. The minimum absolute atomic E-state index is 0.00432. The van der Waals surface area contributed by atoms with Crippen LogP contribution >= 0.6 is 23.4 Å². The summed E-state index contributed by atoms with van der Waals surface area (Å²) in [6, 6.07) is 8.29. The quantitative estimate of drug-likeness (QED) is 0.203. The van der Waals surface area contributed by atoms with E-state index in [9.17, 15) is 23.7 Å². The van der Waals surface area contributed by atoms with Gasteiger partial charge in [0, 0.05) is 11.6 Å². The number of nitro groups is 1. The van der Waals surface area contributed by atoms with Crippen molar-refractivity contribution in [3.05, 3.63) is 68.7 Å². The monoisotopic (exact) mass is 399 g/mol. The van der Waals surface area contributed by atoms with Crippen LogP contribution in [0.2, 0.25) is 5.02 Å². The molecule has 9 heteroatoms. The lowest BCUT2D eigenvalue weighted by atomic mass is 10.1. The zero-order valence-electron chi connectivity index (χ0n) is 13.3. The number of hydrogen-bond donors (Lipinski definition) is 0. The van der Waals surface area contributed by atoms with Crippen LogP contribution in [-0.2, 0) is 0 Å². The molecule has 136 valence electrons. The summed E-state index contributed by atoms with van der Waals surface area (Å²) in [6.45, 7) is 0. The van der Waals surface area contributed by atoms with Crippen molar-refractivity contribution in [1.29, 1.82) is 0 Å². The average molecular weight is 400 g/mol. The van der Waals surface area contributed by atoms with Gasteiger partial charge >= 0.3 is 0 Å². The minimum Gasteiger partial charge on any atom is -0.496 e. The van der Waals surface area contributed by atoms with Crippen LogP contribution in [0.1, 0.15) is 15.9 Å². The maximum atomic E-state index is 12.5. The Bertz CT molecular complexity index is 874. The topological polar surface area (TPSA) is 69.4 Å². The van der Waals surface area contributed by atoms with Crippen molar-refractivity contribution in [1.82, 2.24) is 0 Å². The molecule has 2 aromatic carbocycles. The van der Waals surface area contributed by atoms with Gasteiger partial charge in [-0.15, -0.1) is 0 Å². The maximum Gasteiger partial charge on any atom is 0.289 e. The Morgan fingerprint density at radius 2 is 2.04 bits per heavy atom. The molecule has 0 atom stereocenters. The molecule has 26 heavy (non-hydrogen) atoms. The van der Waals surface area contributed by atoms with E-state index in [1.54, 1.807) is 0 Å². The van der Waals surface area contributed by atoms with Gasteiger partial charge in [-0.3, -0.25) is 14.9 Å². The highest BCUT2D eigenvalue weighted by Crippen LogP contribution is 2.34. The fourth-order valence-electron chi connectivity index (χ4n) is 2.06. The van der Waals surface area contributed by atoms with Gasteiger partial charge in [0.05, 0.1) is 16.9 Å². The summed E-state index contributed by atoms with van der Waals surface area (Å²) < 4.78 is 30.0. The number of carbonyl (C=O) groups excluding carboxylic acids is 1. The number of ether oxygens (including phenoxy) is 1. The number of methoxy groups -OCH3 is 1. The number of halogens is 3. The molecule has 0 radical (unpaired) electrons. The van der Waals surface area contributed by atoms with Crippen LogP contribution in [0.3, 0.4) is 0 Å². The number of rotatable bonds is 7. The molecule has 0 aliphatic carbocycles. The molecule has 0 aliphatic rings. The number of alkyl halides is 2. The predicted molar refractivity (Wildman–Crippen MR) is 96.3 cm³/mol. The normalized spacial score (nSPS) is 11.1. The zero-order valence-corrected chi connectivity index (χ0v) is 14.9. The molecule has 0 saturated heterocycles. The van der Waals surface area contributed by atoms with E-state index in [1.807, 2.05) is 0 Å². The Morgan fingerprint density at radius 3 is 2.65 bits per heavy atom. The van der Waals surface area contributed by atoms with Crippen molar-refractivity contribution in [2.75, 3.05) is 7.11 Å². The first-order valence-corrected chi connectivity index (χ1v) is 8.36. The number of allylic oxidation sites excluding steroid dienone is 1. The van der Waals surface area contributed by atoms with Crippen LogP contribution in [0.15, 0.2) is 47.4 Å². The molecule has 5 nitrogen and oxygen atoms in total. The highest BCUT2D eigenvalue weighted by molar-refractivity contribution is 7.99. The molecule has 0 bridgehead atoms. The molecule has 0 spiro atoms. The maximum absolute atomic E-state index is 12.5. The number of thioether (sulfide) groups is 1. The van der Waals surface area contributed by atoms with Crippen molar-refractivity contribution >= 4 is 40.9 Å². The van der Waals surface area contributed by atoms with Crippen molar-refractivity contribution in [3.8, 4) is 5.75 Å². The molecule has 0 aliphatic heterocycles. The smallest absolute Gasteiger partial charge is 0.289 e. The largest absolute Gasteiger partial charge is 0.496 e. The molecule has 0 heterocycles. The van der Waals surface area contributed by atoms with Gasteiger partial charge in [-0.05, 0) is 35.9 Å². The Balaban J connectivity index is 2.23. The highest BCUT2D eigenvalue weighted by atomic mass is 35.5. The summed E-state index contributed by atoms with van der Waals surface area (Å²) in [5.74, 6) is -2.85. The third kappa shape index (κ3) is 5.03. The predicted octanol–water partition coefficient (Wildman–Crippen LogP) is 5.47. The summed E-state index contributed by atoms with van der Waals surface area (Å²) in [4.78, 5) is 22.7. The fourth-order valence-corrected chi connectivity index (χ4v) is 2.84. The molecule has 0 unspecified atom stereocenters. The third-order valence-electron chi connectivity index (χ3n) is 3.26. The van der Waals surface area contributed by atoms with E-state index < -0.39 is 16.5 Å². The van der Waals surface area contributed by atoms with Crippen molar-refractivity contribution < 1.29 is 23.2 Å². The molecular formula is C17H12ClF2NO4S. The van der Waals surface area contributed by atoms with E-state index >= 15 is 0 Å². The molecule has 0 fully saturated rings. The summed E-state index contributed by atoms with van der Waals surface area (Å²) in [6.07, 6.45) is 2.63. The minimum atomic E-state index is -2.61. The second-order valence-corrected chi connectivity index (χ2v) is 6.35. The number of ketones is 1. The van der Waals surface area contributed by atoms with Gasteiger partial charge in [-0.1, -0.05) is 35.5 Å². The number of hydrogen-bond acceptors (Lipinski definition) is 5. The van der Waals surface area contributed by atoms with Gasteiger partial charge in [0.25, 0.3) is 11.4 Å². The van der Waals surface area contributed by atoms with Crippen molar-refractivity contribution in [2.24, 2.45) is 0 Å². The van der Waals surface area contributed by atoms with Crippen molar-refractivity contribution in [2.45, 2.75) is 10.7 Å². The summed E-state index contributed by atoms with van der Waals surface area (Å²) >= 11 is 6.05. The first kappa shape index (κ1) is 19.9. The molecule has 0 saturated carbocycles.